The molecule has 1 aliphatic heterocycles. The predicted molar refractivity (Wildman–Crippen MR) is 71.5 cm³/mol. The number of hydrogen-bond acceptors (Lipinski definition) is 6. The van der Waals surface area contributed by atoms with E-state index in [1.165, 1.54) is 12.8 Å². The summed E-state index contributed by atoms with van der Waals surface area (Å²) in [6.07, 6.45) is 3.48. The number of nitrogens with two attached hydrogens (primary N) is 1. The first-order valence-electron chi connectivity index (χ1n) is 6.21. The molecule has 0 saturated carbocycles. The fourth-order valence-corrected chi connectivity index (χ4v) is 2.67. The molecule has 3 N–H and O–H groups in total. The number of piperidine rings is 1. The lowest BCUT2D eigenvalue weighted by Crippen LogP contribution is -2.32. The second kappa shape index (κ2) is 6.10. The van der Waals surface area contributed by atoms with Crippen LogP contribution in [0, 0.1) is 5.92 Å². The fraction of sp³-hybridized carbons (Fsp3) is 0.727. The van der Waals surface area contributed by atoms with E-state index >= 15 is 0 Å². The lowest BCUT2D eigenvalue weighted by molar-refractivity contribution is 0.0948. The molecule has 2 rings (SSSR count). The maximum atomic E-state index is 11.7. The highest BCUT2D eigenvalue weighted by Crippen LogP contribution is 2.18. The largest absolute Gasteiger partial charge is 0.374 e. The minimum Gasteiger partial charge on any atom is -0.374 e. The Bertz CT molecular complexity index is 400. The molecule has 0 aromatic carbocycles. The third kappa shape index (κ3) is 3.64. The maximum absolute atomic E-state index is 11.7. The van der Waals surface area contributed by atoms with Crippen LogP contribution in [0.1, 0.15) is 29.1 Å². The summed E-state index contributed by atoms with van der Waals surface area (Å²) in [6.45, 7) is 3.02. The number of anilines is 1. The fourth-order valence-electron chi connectivity index (χ4n) is 2.14. The van der Waals surface area contributed by atoms with Gasteiger partial charge in [-0.05, 0) is 45.3 Å². The van der Waals surface area contributed by atoms with Crippen LogP contribution in [-0.2, 0) is 0 Å². The van der Waals surface area contributed by atoms with Gasteiger partial charge in [-0.15, -0.1) is 10.2 Å². The van der Waals surface area contributed by atoms with Gasteiger partial charge in [-0.1, -0.05) is 11.3 Å². The predicted octanol–water partition coefficient (Wildman–Crippen LogP) is 0.582. The van der Waals surface area contributed by atoms with Crippen LogP contribution < -0.4 is 11.1 Å². The molecule has 0 unspecified atom stereocenters. The second-order valence-electron chi connectivity index (χ2n) is 4.74. The lowest BCUT2D eigenvalue weighted by Gasteiger charge is -2.28. The third-order valence-corrected chi connectivity index (χ3v) is 4.06. The molecule has 0 atom stereocenters. The topological polar surface area (TPSA) is 84.1 Å². The van der Waals surface area contributed by atoms with Crippen molar-refractivity contribution in [2.75, 3.05) is 32.4 Å². The van der Waals surface area contributed by atoms with Crippen molar-refractivity contribution in [3.8, 4) is 0 Å². The summed E-state index contributed by atoms with van der Waals surface area (Å²) >= 11 is 1.12. The lowest BCUT2D eigenvalue weighted by atomic mass is 9.94. The minimum atomic E-state index is -0.169. The summed E-state index contributed by atoms with van der Waals surface area (Å²) in [5, 5.41) is 10.9. The molecule has 2 heterocycles. The number of amides is 1. The first-order chi connectivity index (χ1) is 8.65. The van der Waals surface area contributed by atoms with Gasteiger partial charge >= 0.3 is 0 Å². The van der Waals surface area contributed by atoms with Crippen molar-refractivity contribution in [1.82, 2.24) is 20.4 Å². The van der Waals surface area contributed by atoms with Gasteiger partial charge in [0.1, 0.15) is 0 Å². The number of aromatic nitrogens is 2. The molecule has 1 aromatic rings. The Kier molecular flexibility index (Phi) is 4.48. The van der Waals surface area contributed by atoms with E-state index in [4.69, 9.17) is 5.73 Å². The number of likely N-dealkylation sites (tertiary alicyclic amines) is 1. The van der Waals surface area contributed by atoms with E-state index in [9.17, 15) is 4.79 Å². The van der Waals surface area contributed by atoms with Crippen LogP contribution in [-0.4, -0.2) is 47.7 Å². The standard InChI is InChI=1S/C11H19N5OS/c1-16-6-3-8(4-7-16)2-5-13-9(17)10-14-15-11(12)18-10/h8H,2-7H2,1H3,(H2,12,15)(H,13,17). The normalized spacial score (nSPS) is 17.8. The first-order valence-corrected chi connectivity index (χ1v) is 7.02. The molecule has 1 aromatic heterocycles. The summed E-state index contributed by atoms with van der Waals surface area (Å²) in [4.78, 5) is 14.0. The number of carbonyl (C=O) groups excluding carboxylic acids is 1. The average molecular weight is 269 g/mol. The SMILES string of the molecule is CN1CCC(CCNC(=O)c2nnc(N)s2)CC1. The molecule has 1 aliphatic rings. The number of hydrogen-bond donors (Lipinski definition) is 2. The molecule has 6 nitrogen and oxygen atoms in total. The Morgan fingerprint density at radius 1 is 1.50 bits per heavy atom. The highest BCUT2D eigenvalue weighted by Gasteiger charge is 2.17. The number of nitrogens with one attached hydrogen (secondary N) is 1. The van der Waals surface area contributed by atoms with Crippen LogP contribution in [0.5, 0.6) is 0 Å². The molecule has 0 spiro atoms. The average Bonchev–Trinajstić information content (AvgIpc) is 2.78. The van der Waals surface area contributed by atoms with Crippen LogP contribution in [0.4, 0.5) is 5.13 Å². The van der Waals surface area contributed by atoms with E-state index in [-0.39, 0.29) is 5.91 Å². The second-order valence-corrected chi connectivity index (χ2v) is 5.75. The van der Waals surface area contributed by atoms with Crippen LogP contribution in [0.25, 0.3) is 0 Å². The molecule has 1 saturated heterocycles. The molecule has 1 amide bonds. The van der Waals surface area contributed by atoms with Crippen molar-refractivity contribution >= 4 is 22.4 Å². The van der Waals surface area contributed by atoms with Crippen LogP contribution in [0.15, 0.2) is 0 Å². The van der Waals surface area contributed by atoms with Crippen molar-refractivity contribution in [2.45, 2.75) is 19.3 Å². The number of carbonyl (C=O) groups is 1. The highest BCUT2D eigenvalue weighted by atomic mass is 32.1. The zero-order valence-corrected chi connectivity index (χ0v) is 11.4. The summed E-state index contributed by atoms with van der Waals surface area (Å²) in [5.41, 5.74) is 5.44. The van der Waals surface area contributed by atoms with E-state index < -0.39 is 0 Å². The molecule has 7 heteroatoms. The zero-order valence-electron chi connectivity index (χ0n) is 10.6. The van der Waals surface area contributed by atoms with E-state index in [1.807, 2.05) is 0 Å². The van der Waals surface area contributed by atoms with Gasteiger partial charge in [-0.25, -0.2) is 0 Å². The summed E-state index contributed by atoms with van der Waals surface area (Å²) in [5.74, 6) is 0.554. The molecule has 0 bridgehead atoms. The van der Waals surface area contributed by atoms with E-state index in [1.54, 1.807) is 0 Å². The highest BCUT2D eigenvalue weighted by molar-refractivity contribution is 7.16. The van der Waals surface area contributed by atoms with Gasteiger partial charge in [0, 0.05) is 6.54 Å². The monoisotopic (exact) mass is 269 g/mol. The summed E-state index contributed by atoms with van der Waals surface area (Å²) in [6, 6.07) is 0. The number of nitrogen functional groups attached to an aromatic ring is 1. The Hall–Kier alpha value is -1.21. The Morgan fingerprint density at radius 3 is 2.83 bits per heavy atom. The van der Waals surface area contributed by atoms with Crippen molar-refractivity contribution in [3.63, 3.8) is 0 Å². The zero-order chi connectivity index (χ0) is 13.0. The molecular formula is C11H19N5OS. The van der Waals surface area contributed by atoms with Gasteiger partial charge in [0.15, 0.2) is 0 Å². The number of rotatable bonds is 4. The van der Waals surface area contributed by atoms with Gasteiger partial charge in [-0.2, -0.15) is 0 Å². The van der Waals surface area contributed by atoms with E-state index in [0.29, 0.717) is 16.7 Å². The first kappa shape index (κ1) is 13.2. The van der Waals surface area contributed by atoms with Gasteiger partial charge in [-0.3, -0.25) is 4.79 Å². The molecule has 1 fully saturated rings. The van der Waals surface area contributed by atoms with E-state index in [0.717, 1.165) is 36.8 Å². The Balaban J connectivity index is 1.67. The Labute approximate surface area is 111 Å². The molecule has 18 heavy (non-hydrogen) atoms. The van der Waals surface area contributed by atoms with Crippen molar-refractivity contribution in [2.24, 2.45) is 5.92 Å². The van der Waals surface area contributed by atoms with Gasteiger partial charge < -0.3 is 16.0 Å². The molecule has 0 radical (unpaired) electrons. The van der Waals surface area contributed by atoms with E-state index in [2.05, 4.69) is 27.5 Å². The molecular weight excluding hydrogens is 250 g/mol. The van der Waals surface area contributed by atoms with Crippen LogP contribution >= 0.6 is 11.3 Å². The quantitative estimate of drug-likeness (QED) is 0.835. The minimum absolute atomic E-state index is 0.169. The van der Waals surface area contributed by atoms with Gasteiger partial charge in [0.2, 0.25) is 10.1 Å². The van der Waals surface area contributed by atoms with Crippen LogP contribution in [0.3, 0.4) is 0 Å². The molecule has 0 aliphatic carbocycles. The third-order valence-electron chi connectivity index (χ3n) is 3.31. The van der Waals surface area contributed by atoms with Gasteiger partial charge in [0.05, 0.1) is 0 Å². The smallest absolute Gasteiger partial charge is 0.282 e. The van der Waals surface area contributed by atoms with Crippen LogP contribution in [0.2, 0.25) is 0 Å². The summed E-state index contributed by atoms with van der Waals surface area (Å²) in [7, 11) is 2.15. The summed E-state index contributed by atoms with van der Waals surface area (Å²) < 4.78 is 0. The Morgan fingerprint density at radius 2 is 2.22 bits per heavy atom. The maximum Gasteiger partial charge on any atom is 0.282 e. The van der Waals surface area contributed by atoms with Crippen molar-refractivity contribution in [3.05, 3.63) is 5.01 Å². The van der Waals surface area contributed by atoms with Crippen molar-refractivity contribution in [1.29, 1.82) is 0 Å². The van der Waals surface area contributed by atoms with Crippen molar-refractivity contribution < 1.29 is 4.79 Å². The van der Waals surface area contributed by atoms with Gasteiger partial charge in [0.25, 0.3) is 5.91 Å². The molecule has 100 valence electrons. The number of nitrogens with zero attached hydrogens (tertiary/aromatic N) is 3.